The largest absolute Gasteiger partial charge is 0.369 e. The van der Waals surface area contributed by atoms with E-state index in [4.69, 9.17) is 5.73 Å². The topological polar surface area (TPSA) is 29.3 Å². The molecule has 0 radical (unpaired) electrons. The van der Waals surface area contributed by atoms with Crippen LogP contribution in [-0.2, 0) is 0 Å². The summed E-state index contributed by atoms with van der Waals surface area (Å²) in [5, 5.41) is 0. The van der Waals surface area contributed by atoms with Crippen LogP contribution in [0.3, 0.4) is 0 Å². The Morgan fingerprint density at radius 1 is 1.33 bits per heavy atom. The molecule has 82 valence electrons. The van der Waals surface area contributed by atoms with Crippen molar-refractivity contribution in [3.05, 3.63) is 27.7 Å². The molecule has 1 saturated heterocycles. The number of nitrogens with two attached hydrogens (primary N) is 1. The fourth-order valence-corrected chi connectivity index (χ4v) is 3.08. The van der Waals surface area contributed by atoms with E-state index in [9.17, 15) is 0 Å². The van der Waals surface area contributed by atoms with Crippen LogP contribution in [0.2, 0.25) is 0 Å². The average molecular weight is 269 g/mol. The van der Waals surface area contributed by atoms with E-state index in [-0.39, 0.29) is 0 Å². The van der Waals surface area contributed by atoms with Crippen LogP contribution in [-0.4, -0.2) is 19.1 Å². The van der Waals surface area contributed by atoms with E-state index < -0.39 is 0 Å². The number of halogens is 1. The molecule has 0 amide bonds. The third-order valence-electron chi connectivity index (χ3n) is 3.00. The van der Waals surface area contributed by atoms with Gasteiger partial charge in [0.05, 0.1) is 0 Å². The molecule has 1 aliphatic heterocycles. The summed E-state index contributed by atoms with van der Waals surface area (Å²) in [6, 6.07) is 4.69. The van der Waals surface area contributed by atoms with Crippen LogP contribution in [0, 0.1) is 13.8 Å². The summed E-state index contributed by atoms with van der Waals surface area (Å²) in [5.41, 5.74) is 9.97. The molecule has 1 aromatic carbocycles. The lowest BCUT2D eigenvalue weighted by molar-refractivity contribution is 0.752. The van der Waals surface area contributed by atoms with Crippen molar-refractivity contribution < 1.29 is 0 Å². The van der Waals surface area contributed by atoms with Crippen LogP contribution in [0.5, 0.6) is 0 Å². The first-order valence-electron chi connectivity index (χ1n) is 5.35. The Kier molecular flexibility index (Phi) is 3.03. The standard InChI is InChI=1S/C12H17BrN2/c1-8-5-10(13)6-9(2)12(8)15-4-3-11(14)7-15/h5-6,11H,3-4,7,14H2,1-2H3. The van der Waals surface area contributed by atoms with Crippen LogP contribution in [0.1, 0.15) is 17.5 Å². The van der Waals surface area contributed by atoms with E-state index >= 15 is 0 Å². The number of hydrogen-bond donors (Lipinski definition) is 1. The summed E-state index contributed by atoms with van der Waals surface area (Å²) in [7, 11) is 0. The molecule has 1 fully saturated rings. The third-order valence-corrected chi connectivity index (χ3v) is 3.45. The summed E-state index contributed by atoms with van der Waals surface area (Å²) >= 11 is 3.52. The minimum absolute atomic E-state index is 0.340. The van der Waals surface area contributed by atoms with E-state index in [2.05, 4.69) is 46.8 Å². The number of benzene rings is 1. The van der Waals surface area contributed by atoms with Gasteiger partial charge in [-0.1, -0.05) is 15.9 Å². The summed E-state index contributed by atoms with van der Waals surface area (Å²) in [6.07, 6.45) is 1.11. The number of aryl methyl sites for hydroxylation is 2. The quantitative estimate of drug-likeness (QED) is 0.849. The maximum Gasteiger partial charge on any atom is 0.0426 e. The highest BCUT2D eigenvalue weighted by Gasteiger charge is 2.21. The van der Waals surface area contributed by atoms with Gasteiger partial charge in [0, 0.05) is 29.3 Å². The molecule has 1 aliphatic rings. The van der Waals surface area contributed by atoms with Crippen LogP contribution < -0.4 is 10.6 Å². The average Bonchev–Trinajstić information content (AvgIpc) is 2.49. The van der Waals surface area contributed by atoms with Gasteiger partial charge in [0.2, 0.25) is 0 Å². The normalized spacial score (nSPS) is 21.1. The van der Waals surface area contributed by atoms with Gasteiger partial charge in [0.1, 0.15) is 0 Å². The van der Waals surface area contributed by atoms with Gasteiger partial charge in [-0.25, -0.2) is 0 Å². The van der Waals surface area contributed by atoms with Crippen molar-refractivity contribution in [1.29, 1.82) is 0 Å². The number of rotatable bonds is 1. The molecule has 1 heterocycles. The Morgan fingerprint density at radius 2 is 1.93 bits per heavy atom. The molecule has 0 aliphatic carbocycles. The highest BCUT2D eigenvalue weighted by Crippen LogP contribution is 2.30. The third kappa shape index (κ3) is 2.18. The van der Waals surface area contributed by atoms with Crippen LogP contribution in [0.15, 0.2) is 16.6 Å². The Labute approximate surface area is 99.6 Å². The van der Waals surface area contributed by atoms with Crippen molar-refractivity contribution in [2.75, 3.05) is 18.0 Å². The van der Waals surface area contributed by atoms with Crippen molar-refractivity contribution in [2.45, 2.75) is 26.3 Å². The van der Waals surface area contributed by atoms with Crippen LogP contribution in [0.25, 0.3) is 0 Å². The monoisotopic (exact) mass is 268 g/mol. The first-order valence-corrected chi connectivity index (χ1v) is 6.14. The van der Waals surface area contributed by atoms with Crippen LogP contribution >= 0.6 is 15.9 Å². The molecule has 2 N–H and O–H groups in total. The van der Waals surface area contributed by atoms with Gasteiger partial charge in [-0.15, -0.1) is 0 Å². The number of nitrogens with zero attached hydrogens (tertiary/aromatic N) is 1. The highest BCUT2D eigenvalue weighted by molar-refractivity contribution is 9.10. The lowest BCUT2D eigenvalue weighted by Gasteiger charge is -2.23. The van der Waals surface area contributed by atoms with Gasteiger partial charge >= 0.3 is 0 Å². The molecule has 0 spiro atoms. The van der Waals surface area contributed by atoms with E-state index in [1.165, 1.54) is 16.8 Å². The molecule has 0 saturated carbocycles. The molecular weight excluding hydrogens is 252 g/mol. The second-order valence-corrected chi connectivity index (χ2v) is 5.30. The van der Waals surface area contributed by atoms with E-state index in [1.54, 1.807) is 0 Å². The van der Waals surface area contributed by atoms with Gasteiger partial charge in [0.25, 0.3) is 0 Å². The Bertz CT molecular complexity index is 353. The van der Waals surface area contributed by atoms with E-state index in [1.807, 2.05) is 0 Å². The van der Waals surface area contributed by atoms with Crippen molar-refractivity contribution in [3.63, 3.8) is 0 Å². The fraction of sp³-hybridized carbons (Fsp3) is 0.500. The lowest BCUT2D eigenvalue weighted by Crippen LogP contribution is -2.27. The minimum atomic E-state index is 0.340. The minimum Gasteiger partial charge on any atom is -0.369 e. The second kappa shape index (κ2) is 4.14. The predicted octanol–water partition coefficient (Wildman–Crippen LogP) is 2.60. The second-order valence-electron chi connectivity index (χ2n) is 4.38. The zero-order valence-electron chi connectivity index (χ0n) is 9.26. The molecule has 3 heteroatoms. The van der Waals surface area contributed by atoms with Gasteiger partial charge in [-0.05, 0) is 43.5 Å². The number of hydrogen-bond acceptors (Lipinski definition) is 2. The molecule has 1 atom stereocenters. The van der Waals surface area contributed by atoms with Crippen molar-refractivity contribution >= 4 is 21.6 Å². The molecule has 1 aromatic rings. The molecular formula is C12H17BrN2. The smallest absolute Gasteiger partial charge is 0.0426 e. The van der Waals surface area contributed by atoms with Crippen LogP contribution in [0.4, 0.5) is 5.69 Å². The Balaban J connectivity index is 2.35. The van der Waals surface area contributed by atoms with Gasteiger partial charge in [0.15, 0.2) is 0 Å². The van der Waals surface area contributed by atoms with Crippen molar-refractivity contribution in [1.82, 2.24) is 0 Å². The molecule has 0 aromatic heterocycles. The lowest BCUT2D eigenvalue weighted by atomic mass is 10.1. The molecule has 1 unspecified atom stereocenters. The molecule has 15 heavy (non-hydrogen) atoms. The zero-order valence-corrected chi connectivity index (χ0v) is 10.8. The summed E-state index contributed by atoms with van der Waals surface area (Å²) < 4.78 is 1.16. The van der Waals surface area contributed by atoms with E-state index in [0.717, 1.165) is 24.0 Å². The van der Waals surface area contributed by atoms with Gasteiger partial charge in [-0.3, -0.25) is 0 Å². The molecule has 2 nitrogen and oxygen atoms in total. The zero-order chi connectivity index (χ0) is 11.0. The highest BCUT2D eigenvalue weighted by atomic mass is 79.9. The first kappa shape index (κ1) is 11.0. The number of anilines is 1. The summed E-state index contributed by atoms with van der Waals surface area (Å²) in [6.45, 7) is 6.40. The Hall–Kier alpha value is -0.540. The van der Waals surface area contributed by atoms with Gasteiger partial charge < -0.3 is 10.6 Å². The van der Waals surface area contributed by atoms with Crippen molar-refractivity contribution in [2.24, 2.45) is 5.73 Å². The SMILES string of the molecule is Cc1cc(Br)cc(C)c1N1CCC(N)C1. The summed E-state index contributed by atoms with van der Waals surface area (Å²) in [5.74, 6) is 0. The summed E-state index contributed by atoms with van der Waals surface area (Å²) in [4.78, 5) is 2.40. The Morgan fingerprint density at radius 3 is 2.40 bits per heavy atom. The first-order chi connectivity index (χ1) is 7.08. The van der Waals surface area contributed by atoms with E-state index in [0.29, 0.717) is 6.04 Å². The van der Waals surface area contributed by atoms with Gasteiger partial charge in [-0.2, -0.15) is 0 Å². The van der Waals surface area contributed by atoms with Crippen molar-refractivity contribution in [3.8, 4) is 0 Å². The maximum absolute atomic E-state index is 5.94. The molecule has 2 rings (SSSR count). The molecule has 0 bridgehead atoms. The fourth-order valence-electron chi connectivity index (χ4n) is 2.39. The predicted molar refractivity (Wildman–Crippen MR) is 68.4 cm³/mol. The maximum atomic E-state index is 5.94.